The number of nitrogens with zero attached hydrogens (tertiary/aromatic N) is 2. The Labute approximate surface area is 139 Å². The smallest absolute Gasteiger partial charge is 0.187 e. The molecule has 0 saturated carbocycles. The number of nitrogens with two attached hydrogens (primary N) is 1. The zero-order chi connectivity index (χ0) is 15.5. The van der Waals surface area contributed by atoms with Gasteiger partial charge in [-0.15, -0.1) is 0 Å². The van der Waals surface area contributed by atoms with Gasteiger partial charge in [0, 0.05) is 15.8 Å². The quantitative estimate of drug-likeness (QED) is 0.554. The van der Waals surface area contributed by atoms with Crippen molar-refractivity contribution >= 4 is 23.4 Å². The highest BCUT2D eigenvalue weighted by Crippen LogP contribution is 2.37. The van der Waals surface area contributed by atoms with Crippen LogP contribution in [0, 0.1) is 0 Å². The van der Waals surface area contributed by atoms with Crippen molar-refractivity contribution in [3.8, 4) is 11.3 Å². The monoisotopic (exact) mass is 329 g/mol. The maximum atomic E-state index is 6.25. The number of halogens is 1. The molecule has 112 valence electrons. The summed E-state index contributed by atoms with van der Waals surface area (Å²) < 4.78 is 1.57. The summed E-state index contributed by atoms with van der Waals surface area (Å²) in [6, 6.07) is 17.9. The second-order valence-electron chi connectivity index (χ2n) is 4.96. The van der Waals surface area contributed by atoms with E-state index in [4.69, 9.17) is 17.4 Å². The van der Waals surface area contributed by atoms with E-state index in [1.54, 1.807) is 16.4 Å². The zero-order valence-corrected chi connectivity index (χ0v) is 13.7. The topological polar surface area (TPSA) is 43.8 Å². The molecule has 0 bridgehead atoms. The molecular formula is C17H16ClN3S. The van der Waals surface area contributed by atoms with Crippen molar-refractivity contribution in [2.24, 2.45) is 0 Å². The lowest BCUT2D eigenvalue weighted by Crippen LogP contribution is -2.08. The van der Waals surface area contributed by atoms with Crippen molar-refractivity contribution in [2.75, 3.05) is 5.84 Å². The number of imidazole rings is 1. The Kier molecular flexibility index (Phi) is 4.41. The Morgan fingerprint density at radius 3 is 2.50 bits per heavy atom. The van der Waals surface area contributed by atoms with Crippen LogP contribution in [0.1, 0.15) is 17.7 Å². The van der Waals surface area contributed by atoms with Crippen molar-refractivity contribution in [1.82, 2.24) is 9.66 Å². The van der Waals surface area contributed by atoms with E-state index < -0.39 is 0 Å². The minimum Gasteiger partial charge on any atom is -0.337 e. The van der Waals surface area contributed by atoms with Crippen molar-refractivity contribution in [3.05, 3.63) is 71.4 Å². The largest absolute Gasteiger partial charge is 0.337 e. The number of benzene rings is 2. The van der Waals surface area contributed by atoms with Gasteiger partial charge in [-0.05, 0) is 18.6 Å². The molecule has 0 amide bonds. The SMILES string of the molecule is C[C@H](Sc1nc(-c2ccccc2)cn1N)c1ccccc1Cl. The number of rotatable bonds is 4. The first-order chi connectivity index (χ1) is 10.6. The van der Waals surface area contributed by atoms with Crippen LogP contribution in [0.4, 0.5) is 0 Å². The Morgan fingerprint density at radius 2 is 1.77 bits per heavy atom. The molecule has 2 N–H and O–H groups in total. The fourth-order valence-corrected chi connectivity index (χ4v) is 3.58. The number of aromatic nitrogens is 2. The van der Waals surface area contributed by atoms with Gasteiger partial charge in [0.2, 0.25) is 0 Å². The first-order valence-corrected chi connectivity index (χ1v) is 8.22. The van der Waals surface area contributed by atoms with E-state index in [-0.39, 0.29) is 5.25 Å². The van der Waals surface area contributed by atoms with Crippen LogP contribution >= 0.6 is 23.4 Å². The first kappa shape index (κ1) is 15.0. The van der Waals surface area contributed by atoms with Crippen molar-refractivity contribution < 1.29 is 0 Å². The second-order valence-corrected chi connectivity index (χ2v) is 6.68. The fraction of sp³-hybridized carbons (Fsp3) is 0.118. The summed E-state index contributed by atoms with van der Waals surface area (Å²) in [5.41, 5.74) is 3.01. The third-order valence-corrected chi connectivity index (χ3v) is 4.86. The highest BCUT2D eigenvalue weighted by molar-refractivity contribution is 7.99. The third kappa shape index (κ3) is 3.13. The average molecular weight is 330 g/mol. The summed E-state index contributed by atoms with van der Waals surface area (Å²) in [5.74, 6) is 6.04. The third-order valence-electron chi connectivity index (χ3n) is 3.39. The molecule has 0 aliphatic carbocycles. The fourth-order valence-electron chi connectivity index (χ4n) is 2.24. The Bertz CT molecular complexity index is 771. The standard InChI is InChI=1S/C17H16ClN3S/c1-12(14-9-5-6-10-15(14)18)22-17-20-16(11-21(17)19)13-7-3-2-4-8-13/h2-12H,19H2,1H3/t12-/m0/s1. The maximum absolute atomic E-state index is 6.25. The number of thioether (sulfide) groups is 1. The van der Waals surface area contributed by atoms with Crippen LogP contribution in [0.15, 0.2) is 66.0 Å². The van der Waals surface area contributed by atoms with Gasteiger partial charge >= 0.3 is 0 Å². The molecule has 1 atom stereocenters. The molecule has 0 saturated heterocycles. The van der Waals surface area contributed by atoms with Gasteiger partial charge in [0.15, 0.2) is 5.16 Å². The van der Waals surface area contributed by atoms with Gasteiger partial charge in [-0.3, -0.25) is 0 Å². The highest BCUT2D eigenvalue weighted by Gasteiger charge is 2.15. The zero-order valence-electron chi connectivity index (χ0n) is 12.1. The summed E-state index contributed by atoms with van der Waals surface area (Å²) in [6.45, 7) is 2.10. The van der Waals surface area contributed by atoms with Crippen LogP contribution in [-0.2, 0) is 0 Å². The number of hydrogen-bond acceptors (Lipinski definition) is 3. The summed E-state index contributed by atoms with van der Waals surface area (Å²) in [5, 5.41) is 1.70. The van der Waals surface area contributed by atoms with E-state index in [0.29, 0.717) is 0 Å². The molecule has 5 heteroatoms. The van der Waals surface area contributed by atoms with Gasteiger partial charge in [-0.1, -0.05) is 71.9 Å². The molecule has 0 aliphatic heterocycles. The number of hydrogen-bond donors (Lipinski definition) is 1. The Morgan fingerprint density at radius 1 is 1.09 bits per heavy atom. The second kappa shape index (κ2) is 6.46. The lowest BCUT2D eigenvalue weighted by atomic mass is 10.2. The predicted octanol–water partition coefficient (Wildman–Crippen LogP) is 4.77. The lowest BCUT2D eigenvalue weighted by molar-refractivity contribution is 0.846. The molecule has 2 aromatic carbocycles. The van der Waals surface area contributed by atoms with Crippen molar-refractivity contribution in [3.63, 3.8) is 0 Å². The van der Waals surface area contributed by atoms with E-state index in [2.05, 4.69) is 11.9 Å². The van der Waals surface area contributed by atoms with E-state index in [1.165, 1.54) is 0 Å². The molecule has 1 aromatic heterocycles. The molecule has 0 aliphatic rings. The van der Waals surface area contributed by atoms with E-state index >= 15 is 0 Å². The molecule has 0 radical (unpaired) electrons. The average Bonchev–Trinajstić information content (AvgIpc) is 2.89. The number of nitrogen functional groups attached to an aromatic ring is 1. The minimum absolute atomic E-state index is 0.169. The molecule has 0 fully saturated rings. The van der Waals surface area contributed by atoms with Gasteiger partial charge in [-0.25, -0.2) is 9.66 Å². The molecule has 3 nitrogen and oxygen atoms in total. The van der Waals surface area contributed by atoms with Crippen molar-refractivity contribution in [2.45, 2.75) is 17.3 Å². The van der Waals surface area contributed by atoms with Crippen LogP contribution in [0.5, 0.6) is 0 Å². The molecule has 0 spiro atoms. The molecule has 3 aromatic rings. The highest BCUT2D eigenvalue weighted by atomic mass is 35.5. The van der Waals surface area contributed by atoms with Crippen LogP contribution < -0.4 is 5.84 Å². The van der Waals surface area contributed by atoms with Crippen LogP contribution in [0.3, 0.4) is 0 Å². The van der Waals surface area contributed by atoms with E-state index in [1.807, 2.05) is 60.8 Å². The molecular weight excluding hydrogens is 314 g/mol. The maximum Gasteiger partial charge on any atom is 0.187 e. The van der Waals surface area contributed by atoms with Crippen LogP contribution in [-0.4, -0.2) is 9.66 Å². The van der Waals surface area contributed by atoms with Gasteiger partial charge in [0.05, 0.1) is 11.9 Å². The molecule has 3 rings (SSSR count). The Balaban J connectivity index is 1.84. The van der Waals surface area contributed by atoms with Crippen LogP contribution in [0.2, 0.25) is 5.02 Å². The Hall–Kier alpha value is -1.91. The van der Waals surface area contributed by atoms with Gasteiger partial charge in [0.25, 0.3) is 0 Å². The summed E-state index contributed by atoms with van der Waals surface area (Å²) in [7, 11) is 0. The van der Waals surface area contributed by atoms with Crippen molar-refractivity contribution in [1.29, 1.82) is 0 Å². The van der Waals surface area contributed by atoms with E-state index in [0.717, 1.165) is 27.0 Å². The van der Waals surface area contributed by atoms with E-state index in [9.17, 15) is 0 Å². The first-order valence-electron chi connectivity index (χ1n) is 6.96. The van der Waals surface area contributed by atoms with Crippen LogP contribution in [0.25, 0.3) is 11.3 Å². The summed E-state index contributed by atoms with van der Waals surface area (Å²) in [6.07, 6.45) is 1.84. The van der Waals surface area contributed by atoms with Gasteiger partial charge < -0.3 is 5.84 Å². The van der Waals surface area contributed by atoms with Gasteiger partial charge in [0.1, 0.15) is 0 Å². The predicted molar refractivity (Wildman–Crippen MR) is 93.5 cm³/mol. The van der Waals surface area contributed by atoms with Gasteiger partial charge in [-0.2, -0.15) is 0 Å². The summed E-state index contributed by atoms with van der Waals surface area (Å²) >= 11 is 7.85. The lowest BCUT2D eigenvalue weighted by Gasteiger charge is -2.12. The molecule has 22 heavy (non-hydrogen) atoms. The molecule has 0 unspecified atom stereocenters. The molecule has 1 heterocycles. The normalized spacial score (nSPS) is 12.3. The summed E-state index contributed by atoms with van der Waals surface area (Å²) in [4.78, 5) is 4.63. The minimum atomic E-state index is 0.169.